The number of aromatic nitrogens is 2. The van der Waals surface area contributed by atoms with Gasteiger partial charge in [0.15, 0.2) is 12.4 Å². The maximum absolute atomic E-state index is 12.6. The van der Waals surface area contributed by atoms with E-state index in [1.165, 1.54) is 0 Å². The third kappa shape index (κ3) is 4.26. The summed E-state index contributed by atoms with van der Waals surface area (Å²) in [7, 11) is 0. The number of carbonyl (C=O) groups is 1. The first-order chi connectivity index (χ1) is 13.7. The van der Waals surface area contributed by atoms with Gasteiger partial charge in [-0.05, 0) is 37.1 Å². The summed E-state index contributed by atoms with van der Waals surface area (Å²) in [4.78, 5) is 22.2. The Labute approximate surface area is 167 Å². The molecule has 0 radical (unpaired) electrons. The van der Waals surface area contributed by atoms with Crippen LogP contribution in [0.2, 0.25) is 0 Å². The van der Waals surface area contributed by atoms with E-state index in [0.29, 0.717) is 17.2 Å². The topological polar surface area (TPSA) is 87.3 Å². The number of ether oxygens (including phenoxy) is 2. The summed E-state index contributed by atoms with van der Waals surface area (Å²) in [6.07, 6.45) is 2.42. The van der Waals surface area contributed by atoms with Crippen molar-refractivity contribution in [3.05, 3.63) is 59.9 Å². The van der Waals surface area contributed by atoms with Crippen LogP contribution < -0.4 is 5.73 Å². The van der Waals surface area contributed by atoms with E-state index in [-0.39, 0.29) is 12.7 Å². The smallest absolute Gasteiger partial charge is 0.339 e. The number of thioether (sulfide) groups is 1. The van der Waals surface area contributed by atoms with Crippen LogP contribution in [-0.4, -0.2) is 34.4 Å². The van der Waals surface area contributed by atoms with Gasteiger partial charge in [-0.15, -0.1) is 11.8 Å². The highest BCUT2D eigenvalue weighted by molar-refractivity contribution is 7.99. The van der Waals surface area contributed by atoms with Gasteiger partial charge in [-0.2, -0.15) is 0 Å². The number of nitrogen functional groups attached to an aromatic ring is 1. The predicted molar refractivity (Wildman–Crippen MR) is 109 cm³/mol. The van der Waals surface area contributed by atoms with Gasteiger partial charge in [0.2, 0.25) is 0 Å². The van der Waals surface area contributed by atoms with Crippen LogP contribution in [0.1, 0.15) is 29.0 Å². The lowest BCUT2D eigenvalue weighted by Gasteiger charge is -2.12. The molecule has 0 spiro atoms. The quantitative estimate of drug-likeness (QED) is 0.501. The molecule has 2 N–H and O–H groups in total. The van der Waals surface area contributed by atoms with E-state index in [9.17, 15) is 4.79 Å². The third-order valence-electron chi connectivity index (χ3n) is 4.57. The molecule has 1 aliphatic rings. The Morgan fingerprint density at radius 1 is 1.18 bits per heavy atom. The van der Waals surface area contributed by atoms with Crippen LogP contribution in [0.3, 0.4) is 0 Å². The number of hydrogen-bond donors (Lipinski definition) is 1. The maximum Gasteiger partial charge on any atom is 0.339 e. The van der Waals surface area contributed by atoms with Crippen LogP contribution in [0.15, 0.2) is 53.4 Å². The van der Waals surface area contributed by atoms with Crippen molar-refractivity contribution in [1.82, 2.24) is 9.97 Å². The summed E-state index contributed by atoms with van der Waals surface area (Å²) in [5.74, 6) is 1.19. The van der Waals surface area contributed by atoms with E-state index in [2.05, 4.69) is 9.97 Å². The molecule has 3 aromatic rings. The van der Waals surface area contributed by atoms with Crippen molar-refractivity contribution < 1.29 is 14.3 Å². The minimum absolute atomic E-state index is 0.0292. The second kappa shape index (κ2) is 8.58. The number of carbonyl (C=O) groups excluding carboxylic acids is 1. The molecule has 144 valence electrons. The molecule has 0 bridgehead atoms. The van der Waals surface area contributed by atoms with Crippen molar-refractivity contribution in [3.63, 3.8) is 0 Å². The van der Waals surface area contributed by atoms with Crippen LogP contribution in [0.4, 0.5) is 5.82 Å². The number of para-hydroxylation sites is 1. The Bertz CT molecular complexity index is 990. The normalized spacial score (nSPS) is 16.4. The van der Waals surface area contributed by atoms with Gasteiger partial charge in [-0.25, -0.2) is 14.8 Å². The monoisotopic (exact) mass is 395 g/mol. The Morgan fingerprint density at radius 2 is 2.00 bits per heavy atom. The molecule has 1 atom stereocenters. The van der Waals surface area contributed by atoms with Crippen LogP contribution in [0.5, 0.6) is 0 Å². The van der Waals surface area contributed by atoms with Gasteiger partial charge in [-0.3, -0.25) is 0 Å². The standard InChI is InChI=1S/C21H21N3O3S/c22-20-15-7-1-3-9-17(15)23-19(24-20)12-27-21(25)16-8-2-4-10-18(16)28-13-14-6-5-11-26-14/h1-4,7-10,14H,5-6,11-13H2,(H2,22,23,24). The van der Waals surface area contributed by atoms with Crippen molar-refractivity contribution in [2.75, 3.05) is 18.1 Å². The molecule has 4 rings (SSSR count). The van der Waals surface area contributed by atoms with Crippen LogP contribution in [-0.2, 0) is 16.1 Å². The van der Waals surface area contributed by atoms with E-state index in [0.717, 1.165) is 41.0 Å². The number of nitrogens with zero attached hydrogens (tertiary/aromatic N) is 2. The maximum atomic E-state index is 12.6. The summed E-state index contributed by atoms with van der Waals surface area (Å²) < 4.78 is 11.1. The lowest BCUT2D eigenvalue weighted by Crippen LogP contribution is -2.11. The zero-order chi connectivity index (χ0) is 19.3. The summed E-state index contributed by atoms with van der Waals surface area (Å²) in [5, 5.41) is 0.786. The van der Waals surface area contributed by atoms with Gasteiger partial charge < -0.3 is 15.2 Å². The van der Waals surface area contributed by atoms with Crippen molar-refractivity contribution in [2.45, 2.75) is 30.4 Å². The molecule has 7 heteroatoms. The Kier molecular flexibility index (Phi) is 5.73. The molecule has 1 fully saturated rings. The fraction of sp³-hybridized carbons (Fsp3) is 0.286. The fourth-order valence-corrected chi connectivity index (χ4v) is 4.25. The van der Waals surface area contributed by atoms with Gasteiger partial charge in [-0.1, -0.05) is 24.3 Å². The molecule has 0 amide bonds. The average Bonchev–Trinajstić information content (AvgIpc) is 3.24. The SMILES string of the molecule is Nc1nc(COC(=O)c2ccccc2SCC2CCCO2)nc2ccccc12. The molecular weight excluding hydrogens is 374 g/mol. The molecule has 1 unspecified atom stereocenters. The lowest BCUT2D eigenvalue weighted by molar-refractivity contribution is 0.0458. The molecule has 1 aliphatic heterocycles. The first-order valence-corrected chi connectivity index (χ1v) is 10.2. The average molecular weight is 395 g/mol. The largest absolute Gasteiger partial charge is 0.454 e. The molecule has 2 aromatic carbocycles. The Morgan fingerprint density at radius 3 is 2.86 bits per heavy atom. The number of hydrogen-bond acceptors (Lipinski definition) is 7. The molecule has 6 nitrogen and oxygen atoms in total. The molecule has 2 heterocycles. The zero-order valence-electron chi connectivity index (χ0n) is 15.3. The molecule has 0 aliphatic carbocycles. The highest BCUT2D eigenvalue weighted by Crippen LogP contribution is 2.27. The minimum Gasteiger partial charge on any atom is -0.454 e. The van der Waals surface area contributed by atoms with Crippen LogP contribution >= 0.6 is 11.8 Å². The van der Waals surface area contributed by atoms with Gasteiger partial charge in [0.25, 0.3) is 0 Å². The van der Waals surface area contributed by atoms with Crippen molar-refractivity contribution in [3.8, 4) is 0 Å². The molecular formula is C21H21N3O3S. The van der Waals surface area contributed by atoms with E-state index in [1.807, 2.05) is 42.5 Å². The minimum atomic E-state index is -0.397. The zero-order valence-corrected chi connectivity index (χ0v) is 16.2. The molecule has 28 heavy (non-hydrogen) atoms. The number of esters is 1. The number of fused-ring (bicyclic) bond motifs is 1. The Balaban J connectivity index is 1.44. The van der Waals surface area contributed by atoms with Crippen molar-refractivity contribution in [1.29, 1.82) is 0 Å². The number of nitrogens with two attached hydrogens (primary N) is 1. The van der Waals surface area contributed by atoms with Crippen molar-refractivity contribution >= 4 is 34.5 Å². The Hall–Kier alpha value is -2.64. The van der Waals surface area contributed by atoms with Gasteiger partial charge in [0, 0.05) is 22.6 Å². The second-order valence-electron chi connectivity index (χ2n) is 6.56. The van der Waals surface area contributed by atoms with Crippen LogP contribution in [0.25, 0.3) is 10.9 Å². The van der Waals surface area contributed by atoms with Crippen molar-refractivity contribution in [2.24, 2.45) is 0 Å². The van der Waals surface area contributed by atoms with Crippen LogP contribution in [0, 0.1) is 0 Å². The van der Waals surface area contributed by atoms with Gasteiger partial charge in [0.1, 0.15) is 5.82 Å². The number of benzene rings is 2. The van der Waals surface area contributed by atoms with E-state index in [1.54, 1.807) is 17.8 Å². The summed E-state index contributed by atoms with van der Waals surface area (Å²) >= 11 is 1.62. The first kappa shape index (κ1) is 18.7. The molecule has 1 aromatic heterocycles. The number of anilines is 1. The van der Waals surface area contributed by atoms with Gasteiger partial charge >= 0.3 is 5.97 Å². The van der Waals surface area contributed by atoms with Gasteiger partial charge in [0.05, 0.1) is 17.2 Å². The fourth-order valence-electron chi connectivity index (χ4n) is 3.14. The summed E-state index contributed by atoms with van der Waals surface area (Å²) in [5.41, 5.74) is 7.26. The first-order valence-electron chi connectivity index (χ1n) is 9.22. The molecule has 0 saturated carbocycles. The lowest BCUT2D eigenvalue weighted by atomic mass is 10.2. The van der Waals surface area contributed by atoms with E-state index >= 15 is 0 Å². The predicted octanol–water partition coefficient (Wildman–Crippen LogP) is 3.84. The summed E-state index contributed by atoms with van der Waals surface area (Å²) in [6.45, 7) is 0.794. The third-order valence-corrected chi connectivity index (χ3v) is 5.77. The summed E-state index contributed by atoms with van der Waals surface area (Å²) in [6, 6.07) is 14.9. The highest BCUT2D eigenvalue weighted by atomic mass is 32.2. The molecule has 1 saturated heterocycles. The van der Waals surface area contributed by atoms with E-state index in [4.69, 9.17) is 15.2 Å². The number of rotatable bonds is 6. The second-order valence-corrected chi connectivity index (χ2v) is 7.62. The van der Waals surface area contributed by atoms with E-state index < -0.39 is 5.97 Å². The highest BCUT2D eigenvalue weighted by Gasteiger charge is 2.19.